The van der Waals surface area contributed by atoms with Crippen LogP contribution in [0.1, 0.15) is 24.5 Å². The molecule has 0 heterocycles. The molecule has 116 valence electrons. The lowest BCUT2D eigenvalue weighted by Gasteiger charge is -2.06. The Morgan fingerprint density at radius 1 is 0.739 bits per heavy atom. The Hall–Kier alpha value is -1.99. The summed E-state index contributed by atoms with van der Waals surface area (Å²) in [6.45, 7) is 4.35. The van der Waals surface area contributed by atoms with Crippen molar-refractivity contribution in [1.29, 1.82) is 0 Å². The van der Waals surface area contributed by atoms with Crippen molar-refractivity contribution in [3.8, 4) is 11.1 Å². The lowest BCUT2D eigenvalue weighted by atomic mass is 10.0. The second-order valence-corrected chi connectivity index (χ2v) is 7.04. The van der Waals surface area contributed by atoms with Crippen molar-refractivity contribution in [1.82, 2.24) is 0 Å². The number of benzene rings is 3. The highest BCUT2D eigenvalue weighted by molar-refractivity contribution is 7.99. The zero-order valence-corrected chi connectivity index (χ0v) is 14.6. The van der Waals surface area contributed by atoms with Crippen LogP contribution >= 0.6 is 11.8 Å². The van der Waals surface area contributed by atoms with Gasteiger partial charge in [-0.15, -0.1) is 0 Å². The molecule has 0 bridgehead atoms. The summed E-state index contributed by atoms with van der Waals surface area (Å²) in [5.74, 6) is 0. The van der Waals surface area contributed by atoms with Crippen molar-refractivity contribution in [2.24, 2.45) is 0 Å². The van der Waals surface area contributed by atoms with Crippen LogP contribution in [-0.2, 0) is 6.42 Å². The highest BCUT2D eigenvalue weighted by Gasteiger charge is 2.01. The summed E-state index contributed by atoms with van der Waals surface area (Å²) in [5, 5.41) is 0. The van der Waals surface area contributed by atoms with E-state index in [1.165, 1.54) is 38.5 Å². The molecule has 0 aliphatic rings. The molecule has 0 saturated carbocycles. The number of hydrogen-bond acceptors (Lipinski definition) is 1. The molecule has 0 unspecified atom stereocenters. The highest BCUT2D eigenvalue weighted by Crippen LogP contribution is 2.30. The van der Waals surface area contributed by atoms with Gasteiger partial charge in [0.05, 0.1) is 0 Å². The minimum atomic E-state index is 1.15. The SMILES string of the molecule is CCCc1cccc(Sc2ccc(-c3ccc(C)cc3)cc2)c1. The maximum absolute atomic E-state index is 2.31. The Morgan fingerprint density at radius 3 is 2.04 bits per heavy atom. The van der Waals surface area contributed by atoms with E-state index in [9.17, 15) is 0 Å². The zero-order chi connectivity index (χ0) is 16.1. The molecular formula is C22H22S. The van der Waals surface area contributed by atoms with Gasteiger partial charge in [-0.3, -0.25) is 0 Å². The van der Waals surface area contributed by atoms with Gasteiger partial charge < -0.3 is 0 Å². The van der Waals surface area contributed by atoms with E-state index in [0.717, 1.165) is 6.42 Å². The van der Waals surface area contributed by atoms with E-state index >= 15 is 0 Å². The molecule has 0 aliphatic heterocycles. The second kappa shape index (κ2) is 7.52. The molecule has 3 aromatic rings. The average molecular weight is 318 g/mol. The number of rotatable bonds is 5. The largest absolute Gasteiger partial charge is 0.0901 e. The number of aryl methyl sites for hydroxylation is 2. The van der Waals surface area contributed by atoms with Gasteiger partial charge in [-0.25, -0.2) is 0 Å². The Balaban J connectivity index is 1.74. The topological polar surface area (TPSA) is 0 Å². The molecule has 0 nitrogen and oxygen atoms in total. The van der Waals surface area contributed by atoms with Gasteiger partial charge in [-0.05, 0) is 54.3 Å². The molecular weight excluding hydrogens is 296 g/mol. The Morgan fingerprint density at radius 2 is 1.39 bits per heavy atom. The first-order valence-electron chi connectivity index (χ1n) is 8.18. The van der Waals surface area contributed by atoms with Gasteiger partial charge in [0.25, 0.3) is 0 Å². The molecule has 0 aliphatic carbocycles. The average Bonchev–Trinajstić information content (AvgIpc) is 2.57. The fourth-order valence-electron chi connectivity index (χ4n) is 2.65. The highest BCUT2D eigenvalue weighted by atomic mass is 32.2. The van der Waals surface area contributed by atoms with Crippen molar-refractivity contribution in [3.63, 3.8) is 0 Å². The molecule has 0 N–H and O–H groups in total. The first-order valence-corrected chi connectivity index (χ1v) is 9.00. The van der Waals surface area contributed by atoms with Crippen LogP contribution in [0.2, 0.25) is 0 Å². The van der Waals surface area contributed by atoms with Crippen LogP contribution < -0.4 is 0 Å². The summed E-state index contributed by atoms with van der Waals surface area (Å²) in [5.41, 5.74) is 5.27. The van der Waals surface area contributed by atoms with Crippen LogP contribution in [-0.4, -0.2) is 0 Å². The number of hydrogen-bond donors (Lipinski definition) is 0. The van der Waals surface area contributed by atoms with Gasteiger partial charge in [0.15, 0.2) is 0 Å². The lowest BCUT2D eigenvalue weighted by molar-refractivity contribution is 0.918. The van der Waals surface area contributed by atoms with Crippen molar-refractivity contribution >= 4 is 11.8 Å². The monoisotopic (exact) mass is 318 g/mol. The summed E-state index contributed by atoms with van der Waals surface area (Å²) < 4.78 is 0. The third kappa shape index (κ3) is 4.27. The van der Waals surface area contributed by atoms with Crippen LogP contribution in [0.4, 0.5) is 0 Å². The van der Waals surface area contributed by atoms with E-state index in [2.05, 4.69) is 86.6 Å². The molecule has 0 amide bonds. The Bertz CT molecular complexity index is 755. The third-order valence-corrected chi connectivity index (χ3v) is 4.91. The van der Waals surface area contributed by atoms with Crippen molar-refractivity contribution < 1.29 is 0 Å². The van der Waals surface area contributed by atoms with Crippen LogP contribution in [0, 0.1) is 6.92 Å². The lowest BCUT2D eigenvalue weighted by Crippen LogP contribution is -1.83. The van der Waals surface area contributed by atoms with Crippen molar-refractivity contribution in [3.05, 3.63) is 83.9 Å². The van der Waals surface area contributed by atoms with E-state index in [1.54, 1.807) is 0 Å². The van der Waals surface area contributed by atoms with E-state index in [4.69, 9.17) is 0 Å². The normalized spacial score (nSPS) is 10.7. The Labute approximate surface area is 143 Å². The fraction of sp³-hybridized carbons (Fsp3) is 0.182. The predicted molar refractivity (Wildman–Crippen MR) is 101 cm³/mol. The van der Waals surface area contributed by atoms with Gasteiger partial charge >= 0.3 is 0 Å². The molecule has 0 fully saturated rings. The van der Waals surface area contributed by atoms with Crippen LogP contribution in [0.3, 0.4) is 0 Å². The quantitative estimate of drug-likeness (QED) is 0.500. The molecule has 0 atom stereocenters. The third-order valence-electron chi connectivity index (χ3n) is 3.91. The van der Waals surface area contributed by atoms with Crippen molar-refractivity contribution in [2.75, 3.05) is 0 Å². The minimum absolute atomic E-state index is 1.15. The van der Waals surface area contributed by atoms with Gasteiger partial charge in [-0.2, -0.15) is 0 Å². The first kappa shape index (κ1) is 15.9. The maximum atomic E-state index is 2.31. The Kier molecular flexibility index (Phi) is 5.19. The molecule has 0 spiro atoms. The first-order chi connectivity index (χ1) is 11.2. The maximum Gasteiger partial charge on any atom is 0.0125 e. The van der Waals surface area contributed by atoms with Crippen LogP contribution in [0.15, 0.2) is 82.6 Å². The molecule has 0 aromatic heterocycles. The minimum Gasteiger partial charge on any atom is -0.0901 e. The van der Waals surface area contributed by atoms with Crippen molar-refractivity contribution in [2.45, 2.75) is 36.5 Å². The van der Waals surface area contributed by atoms with Gasteiger partial charge in [0, 0.05) is 9.79 Å². The molecule has 0 radical (unpaired) electrons. The predicted octanol–water partition coefficient (Wildman–Crippen LogP) is 6.77. The molecule has 1 heteroatoms. The van der Waals surface area contributed by atoms with Gasteiger partial charge in [0.2, 0.25) is 0 Å². The summed E-state index contributed by atoms with van der Waals surface area (Å²) in [7, 11) is 0. The smallest absolute Gasteiger partial charge is 0.0125 e. The summed E-state index contributed by atoms with van der Waals surface area (Å²) >= 11 is 1.83. The molecule has 23 heavy (non-hydrogen) atoms. The van der Waals surface area contributed by atoms with E-state index in [0.29, 0.717) is 0 Å². The van der Waals surface area contributed by atoms with Crippen LogP contribution in [0.25, 0.3) is 11.1 Å². The summed E-state index contributed by atoms with van der Waals surface area (Å²) in [6, 6.07) is 26.4. The van der Waals surface area contributed by atoms with Crippen LogP contribution in [0.5, 0.6) is 0 Å². The van der Waals surface area contributed by atoms with Gasteiger partial charge in [-0.1, -0.05) is 79.2 Å². The molecule has 3 rings (SSSR count). The van der Waals surface area contributed by atoms with Gasteiger partial charge in [0.1, 0.15) is 0 Å². The summed E-state index contributed by atoms with van der Waals surface area (Å²) in [4.78, 5) is 2.61. The zero-order valence-electron chi connectivity index (χ0n) is 13.8. The fourth-order valence-corrected chi connectivity index (χ4v) is 3.55. The summed E-state index contributed by atoms with van der Waals surface area (Å²) in [6.07, 6.45) is 2.35. The standard InChI is InChI=1S/C22H22S/c1-3-5-18-6-4-7-22(16-18)23-21-14-12-20(13-15-21)19-10-8-17(2)9-11-19/h4,6-16H,3,5H2,1-2H3. The molecule has 0 saturated heterocycles. The second-order valence-electron chi connectivity index (χ2n) is 5.89. The van der Waals surface area contributed by atoms with E-state index in [-0.39, 0.29) is 0 Å². The van der Waals surface area contributed by atoms with E-state index < -0.39 is 0 Å². The molecule has 3 aromatic carbocycles. The van der Waals surface area contributed by atoms with E-state index in [1.807, 2.05) is 11.8 Å².